The Bertz CT molecular complexity index is 618. The van der Waals surface area contributed by atoms with Crippen LogP contribution in [0.25, 0.3) is 0 Å². The van der Waals surface area contributed by atoms with E-state index in [0.29, 0.717) is 5.56 Å². The number of carbonyl (C=O) groups is 2. The molecule has 0 bridgehead atoms. The van der Waals surface area contributed by atoms with Gasteiger partial charge in [0.15, 0.2) is 6.10 Å². The highest BCUT2D eigenvalue weighted by Crippen LogP contribution is 2.30. The van der Waals surface area contributed by atoms with Crippen LogP contribution < -0.4 is 0 Å². The summed E-state index contributed by atoms with van der Waals surface area (Å²) in [5.74, 6) is -1.99. The molecule has 0 saturated carbocycles. The number of aliphatic carboxylic acids is 1. The smallest absolute Gasteiger partial charge is 0.416 e. The number of alkyl halides is 3. The standard InChI is InChI=1S/C16H18F3NO4/c1-10(7-11-3-2-4-12(8-11)16(17,18)19)14(21)20-5-6-24-13(9-20)15(22)23/h2-4,8,10,13H,5-7,9H2,1H3,(H,22,23). The van der Waals surface area contributed by atoms with Crippen molar-refractivity contribution < 1.29 is 32.6 Å². The highest BCUT2D eigenvalue weighted by atomic mass is 19.4. The average molecular weight is 345 g/mol. The van der Waals surface area contributed by atoms with Crippen LogP contribution in [0, 0.1) is 5.92 Å². The molecule has 132 valence electrons. The number of benzene rings is 1. The molecular formula is C16H18F3NO4. The number of amides is 1. The van der Waals surface area contributed by atoms with Crippen molar-refractivity contribution in [3.05, 3.63) is 35.4 Å². The van der Waals surface area contributed by atoms with Gasteiger partial charge in [-0.3, -0.25) is 4.79 Å². The van der Waals surface area contributed by atoms with E-state index < -0.39 is 29.7 Å². The lowest BCUT2D eigenvalue weighted by molar-refractivity contribution is -0.160. The second-order valence-electron chi connectivity index (χ2n) is 5.79. The first-order valence-electron chi connectivity index (χ1n) is 7.48. The summed E-state index contributed by atoms with van der Waals surface area (Å²) >= 11 is 0. The van der Waals surface area contributed by atoms with E-state index in [9.17, 15) is 22.8 Å². The van der Waals surface area contributed by atoms with E-state index >= 15 is 0 Å². The van der Waals surface area contributed by atoms with Crippen LogP contribution in [0.5, 0.6) is 0 Å². The Kier molecular flexibility index (Phi) is 5.48. The Hall–Kier alpha value is -2.09. The lowest BCUT2D eigenvalue weighted by atomic mass is 9.98. The molecular weight excluding hydrogens is 327 g/mol. The maximum atomic E-state index is 12.7. The van der Waals surface area contributed by atoms with Gasteiger partial charge >= 0.3 is 12.1 Å². The summed E-state index contributed by atoms with van der Waals surface area (Å²) in [6.07, 6.45) is -5.34. The summed E-state index contributed by atoms with van der Waals surface area (Å²) in [7, 11) is 0. The zero-order valence-corrected chi connectivity index (χ0v) is 13.0. The van der Waals surface area contributed by atoms with Crippen LogP contribution >= 0.6 is 0 Å². The maximum absolute atomic E-state index is 12.7. The molecule has 1 fully saturated rings. The lowest BCUT2D eigenvalue weighted by Crippen LogP contribution is -2.50. The van der Waals surface area contributed by atoms with Crippen LogP contribution in [0.3, 0.4) is 0 Å². The van der Waals surface area contributed by atoms with Gasteiger partial charge in [0, 0.05) is 12.5 Å². The van der Waals surface area contributed by atoms with E-state index in [1.54, 1.807) is 13.0 Å². The van der Waals surface area contributed by atoms with Gasteiger partial charge in [0.05, 0.1) is 18.7 Å². The Morgan fingerprint density at radius 1 is 1.42 bits per heavy atom. The Morgan fingerprint density at radius 2 is 2.12 bits per heavy atom. The molecule has 0 aromatic heterocycles. The van der Waals surface area contributed by atoms with Gasteiger partial charge in [0.2, 0.25) is 5.91 Å². The number of carboxylic acids is 1. The number of nitrogens with zero attached hydrogens (tertiary/aromatic N) is 1. The van der Waals surface area contributed by atoms with Gasteiger partial charge < -0.3 is 14.7 Å². The molecule has 0 radical (unpaired) electrons. The summed E-state index contributed by atoms with van der Waals surface area (Å²) in [5.41, 5.74) is -0.342. The fraction of sp³-hybridized carbons (Fsp3) is 0.500. The predicted molar refractivity (Wildman–Crippen MR) is 78.3 cm³/mol. The van der Waals surface area contributed by atoms with Gasteiger partial charge in [0.1, 0.15) is 0 Å². The summed E-state index contributed by atoms with van der Waals surface area (Å²) in [6, 6.07) is 4.86. The van der Waals surface area contributed by atoms with Crippen molar-refractivity contribution in [2.75, 3.05) is 19.7 Å². The van der Waals surface area contributed by atoms with Crippen LogP contribution in [0.4, 0.5) is 13.2 Å². The van der Waals surface area contributed by atoms with Crippen LogP contribution in [0.2, 0.25) is 0 Å². The second-order valence-corrected chi connectivity index (χ2v) is 5.79. The summed E-state index contributed by atoms with van der Waals surface area (Å²) in [6.45, 7) is 1.96. The number of rotatable bonds is 4. The molecule has 1 heterocycles. The normalized spacial score (nSPS) is 19.8. The van der Waals surface area contributed by atoms with Crippen molar-refractivity contribution in [1.82, 2.24) is 4.90 Å². The number of halogens is 3. The molecule has 8 heteroatoms. The molecule has 2 unspecified atom stereocenters. The Labute approximate surface area is 137 Å². The van der Waals surface area contributed by atoms with Gasteiger partial charge in [-0.2, -0.15) is 13.2 Å². The zero-order valence-electron chi connectivity index (χ0n) is 13.0. The molecule has 1 amide bonds. The van der Waals surface area contributed by atoms with E-state index in [0.717, 1.165) is 12.1 Å². The molecule has 1 N–H and O–H groups in total. The third kappa shape index (κ3) is 4.47. The molecule has 1 aliphatic rings. The van der Waals surface area contributed by atoms with Crippen molar-refractivity contribution in [1.29, 1.82) is 0 Å². The first kappa shape index (κ1) is 18.3. The quantitative estimate of drug-likeness (QED) is 0.908. The predicted octanol–water partition coefficient (Wildman–Crippen LogP) is 2.20. The molecule has 5 nitrogen and oxygen atoms in total. The number of morpholine rings is 1. The summed E-state index contributed by atoms with van der Waals surface area (Å²) in [5, 5.41) is 8.95. The Morgan fingerprint density at radius 3 is 2.75 bits per heavy atom. The van der Waals surface area contributed by atoms with Gasteiger partial charge in [-0.15, -0.1) is 0 Å². The third-order valence-electron chi connectivity index (χ3n) is 3.87. The van der Waals surface area contributed by atoms with Gasteiger partial charge in [0.25, 0.3) is 0 Å². The number of carbonyl (C=O) groups excluding carboxylic acids is 1. The van der Waals surface area contributed by atoms with E-state index in [2.05, 4.69) is 0 Å². The number of ether oxygens (including phenoxy) is 1. The SMILES string of the molecule is CC(Cc1cccc(C(F)(F)F)c1)C(=O)N1CCOC(C(=O)O)C1. The molecule has 1 aromatic rings. The minimum absolute atomic E-state index is 0.0545. The van der Waals surface area contributed by atoms with Gasteiger partial charge in [-0.1, -0.05) is 25.1 Å². The van der Waals surface area contributed by atoms with E-state index in [4.69, 9.17) is 9.84 Å². The lowest BCUT2D eigenvalue weighted by Gasteiger charge is -2.32. The highest BCUT2D eigenvalue weighted by molar-refractivity contribution is 5.80. The summed E-state index contributed by atoms with van der Waals surface area (Å²) in [4.78, 5) is 24.7. The van der Waals surface area contributed by atoms with Crippen LogP contribution in [0.1, 0.15) is 18.1 Å². The molecule has 2 rings (SSSR count). The van der Waals surface area contributed by atoms with Crippen molar-refractivity contribution in [3.63, 3.8) is 0 Å². The molecule has 1 saturated heterocycles. The monoisotopic (exact) mass is 345 g/mol. The number of hydrogen-bond donors (Lipinski definition) is 1. The second kappa shape index (κ2) is 7.21. The molecule has 2 atom stereocenters. The molecule has 0 spiro atoms. The summed E-state index contributed by atoms with van der Waals surface area (Å²) < 4.78 is 43.2. The fourth-order valence-electron chi connectivity index (χ4n) is 2.63. The van der Waals surface area contributed by atoms with E-state index in [1.807, 2.05) is 0 Å². The minimum Gasteiger partial charge on any atom is -0.479 e. The van der Waals surface area contributed by atoms with Crippen molar-refractivity contribution >= 4 is 11.9 Å². The third-order valence-corrected chi connectivity index (χ3v) is 3.87. The van der Waals surface area contributed by atoms with E-state index in [-0.39, 0.29) is 32.0 Å². The first-order chi connectivity index (χ1) is 11.2. The van der Waals surface area contributed by atoms with Gasteiger partial charge in [-0.25, -0.2) is 4.79 Å². The van der Waals surface area contributed by atoms with Crippen LogP contribution in [-0.2, 0) is 26.9 Å². The van der Waals surface area contributed by atoms with Crippen molar-refractivity contribution in [2.45, 2.75) is 25.6 Å². The number of carboxylic acid groups (broad SMARTS) is 1. The average Bonchev–Trinajstić information content (AvgIpc) is 2.53. The molecule has 0 aliphatic carbocycles. The Balaban J connectivity index is 2.02. The van der Waals surface area contributed by atoms with Gasteiger partial charge in [-0.05, 0) is 18.1 Å². The van der Waals surface area contributed by atoms with Crippen molar-refractivity contribution in [3.8, 4) is 0 Å². The van der Waals surface area contributed by atoms with Crippen molar-refractivity contribution in [2.24, 2.45) is 5.92 Å². The highest BCUT2D eigenvalue weighted by Gasteiger charge is 2.32. The molecule has 1 aliphatic heterocycles. The zero-order chi connectivity index (χ0) is 17.9. The molecule has 1 aromatic carbocycles. The fourth-order valence-corrected chi connectivity index (χ4v) is 2.63. The van der Waals surface area contributed by atoms with Crippen LogP contribution in [-0.4, -0.2) is 47.7 Å². The van der Waals surface area contributed by atoms with Crippen LogP contribution in [0.15, 0.2) is 24.3 Å². The first-order valence-corrected chi connectivity index (χ1v) is 7.48. The van der Waals surface area contributed by atoms with E-state index in [1.165, 1.54) is 11.0 Å². The molecule has 24 heavy (non-hydrogen) atoms. The number of hydrogen-bond acceptors (Lipinski definition) is 3. The maximum Gasteiger partial charge on any atom is 0.416 e. The minimum atomic E-state index is -4.43. The topological polar surface area (TPSA) is 66.8 Å². The largest absolute Gasteiger partial charge is 0.479 e.